The van der Waals surface area contributed by atoms with Gasteiger partial charge in [-0.25, -0.2) is 4.98 Å². The van der Waals surface area contributed by atoms with Crippen LogP contribution < -0.4 is 5.32 Å². The van der Waals surface area contributed by atoms with Crippen molar-refractivity contribution in [3.05, 3.63) is 10.6 Å². The molecule has 1 heterocycles. The number of carboxylic acid groups (broad SMARTS) is 1. The van der Waals surface area contributed by atoms with Crippen LogP contribution in [0.4, 0.5) is 5.13 Å². The predicted octanol–water partition coefficient (Wildman–Crippen LogP) is 3.20. The van der Waals surface area contributed by atoms with Gasteiger partial charge in [-0.15, -0.1) is 11.3 Å². The van der Waals surface area contributed by atoms with Gasteiger partial charge in [-0.2, -0.15) is 11.8 Å². The van der Waals surface area contributed by atoms with Gasteiger partial charge in [0, 0.05) is 10.9 Å². The molecule has 0 saturated carbocycles. The van der Waals surface area contributed by atoms with Crippen LogP contribution in [0.5, 0.6) is 0 Å². The molecule has 1 aromatic heterocycles. The molecule has 0 bridgehead atoms. The third-order valence-electron chi connectivity index (χ3n) is 3.38. The number of hydrogen-bond acceptors (Lipinski definition) is 5. The fourth-order valence-corrected chi connectivity index (χ4v) is 4.06. The van der Waals surface area contributed by atoms with Crippen molar-refractivity contribution < 1.29 is 9.90 Å². The molecule has 1 aromatic rings. The van der Waals surface area contributed by atoms with E-state index in [1.54, 1.807) is 11.3 Å². The van der Waals surface area contributed by atoms with Gasteiger partial charge in [0.15, 0.2) is 5.13 Å². The van der Waals surface area contributed by atoms with E-state index in [9.17, 15) is 9.90 Å². The Morgan fingerprint density at radius 3 is 3.16 bits per heavy atom. The topological polar surface area (TPSA) is 62.2 Å². The number of aryl methyl sites for hydroxylation is 1. The summed E-state index contributed by atoms with van der Waals surface area (Å²) in [5.74, 6) is -0.0259. The maximum Gasteiger partial charge on any atom is 0.312 e. The number of anilines is 1. The summed E-state index contributed by atoms with van der Waals surface area (Å²) in [7, 11) is 0. The summed E-state index contributed by atoms with van der Waals surface area (Å²) in [4.78, 5) is 16.9. The van der Waals surface area contributed by atoms with Gasteiger partial charge in [0.2, 0.25) is 0 Å². The molecule has 0 amide bonds. The average molecular weight is 300 g/mol. The van der Waals surface area contributed by atoms with Crippen molar-refractivity contribution in [2.75, 3.05) is 17.3 Å². The molecule has 2 N–H and O–H groups in total. The fourth-order valence-electron chi connectivity index (χ4n) is 2.30. The van der Waals surface area contributed by atoms with Crippen molar-refractivity contribution in [3.8, 4) is 0 Å². The molecule has 0 aliphatic heterocycles. The van der Waals surface area contributed by atoms with E-state index in [1.807, 2.05) is 11.8 Å². The van der Waals surface area contributed by atoms with E-state index in [0.717, 1.165) is 40.7 Å². The lowest BCUT2D eigenvalue weighted by molar-refractivity contribution is -0.139. The Bertz CT molecular complexity index is 448. The molecule has 1 aliphatic carbocycles. The molecule has 0 radical (unpaired) electrons. The highest BCUT2D eigenvalue weighted by molar-refractivity contribution is 7.98. The SMILES string of the molecule is CSCCC(C)Nc1nc2c(s1)CCCC2C(=O)O. The molecule has 1 aliphatic rings. The van der Waals surface area contributed by atoms with E-state index in [1.165, 1.54) is 0 Å². The number of thioether (sulfide) groups is 1. The number of nitrogens with one attached hydrogen (secondary N) is 1. The third-order valence-corrected chi connectivity index (χ3v) is 5.08. The smallest absolute Gasteiger partial charge is 0.312 e. The van der Waals surface area contributed by atoms with Crippen LogP contribution in [0, 0.1) is 0 Å². The zero-order valence-corrected chi connectivity index (χ0v) is 12.9. The monoisotopic (exact) mass is 300 g/mol. The minimum Gasteiger partial charge on any atom is -0.481 e. The molecule has 2 unspecified atom stereocenters. The van der Waals surface area contributed by atoms with Gasteiger partial charge in [0.25, 0.3) is 0 Å². The largest absolute Gasteiger partial charge is 0.481 e. The van der Waals surface area contributed by atoms with E-state index in [0.29, 0.717) is 12.5 Å². The maximum absolute atomic E-state index is 11.2. The summed E-state index contributed by atoms with van der Waals surface area (Å²) in [5.41, 5.74) is 0.795. The van der Waals surface area contributed by atoms with Crippen LogP contribution in [0.15, 0.2) is 0 Å². The molecule has 0 aromatic carbocycles. The first kappa shape index (κ1) is 14.7. The molecule has 0 spiro atoms. The van der Waals surface area contributed by atoms with Gasteiger partial charge in [0.1, 0.15) is 5.92 Å². The Morgan fingerprint density at radius 2 is 2.47 bits per heavy atom. The molecule has 0 saturated heterocycles. The van der Waals surface area contributed by atoms with Crippen molar-refractivity contribution in [2.45, 2.75) is 44.6 Å². The number of aromatic nitrogens is 1. The molecule has 2 atom stereocenters. The van der Waals surface area contributed by atoms with Gasteiger partial charge in [-0.3, -0.25) is 4.79 Å². The zero-order valence-electron chi connectivity index (χ0n) is 11.3. The molecule has 2 rings (SSSR count). The van der Waals surface area contributed by atoms with Gasteiger partial charge >= 0.3 is 5.97 Å². The number of aliphatic carboxylic acids is 1. The second-order valence-electron chi connectivity index (χ2n) is 4.94. The molecule has 19 heavy (non-hydrogen) atoms. The van der Waals surface area contributed by atoms with E-state index >= 15 is 0 Å². The average Bonchev–Trinajstić information content (AvgIpc) is 2.77. The quantitative estimate of drug-likeness (QED) is 0.844. The van der Waals surface area contributed by atoms with Crippen molar-refractivity contribution in [1.29, 1.82) is 0 Å². The highest BCUT2D eigenvalue weighted by Gasteiger charge is 2.30. The summed E-state index contributed by atoms with van der Waals surface area (Å²) < 4.78 is 0. The van der Waals surface area contributed by atoms with Gasteiger partial charge in [-0.1, -0.05) is 0 Å². The standard InChI is InChI=1S/C13H20N2O2S2/c1-8(6-7-18-2)14-13-15-11-9(12(16)17)4-3-5-10(11)19-13/h8-9H,3-7H2,1-2H3,(H,14,15)(H,16,17). The van der Waals surface area contributed by atoms with Gasteiger partial charge in [0.05, 0.1) is 5.69 Å². The van der Waals surface area contributed by atoms with Crippen molar-refractivity contribution >= 4 is 34.2 Å². The third kappa shape index (κ3) is 3.63. The summed E-state index contributed by atoms with van der Waals surface area (Å²) >= 11 is 3.46. The van der Waals surface area contributed by atoms with Crippen molar-refractivity contribution in [2.24, 2.45) is 0 Å². The second-order valence-corrected chi connectivity index (χ2v) is 7.01. The van der Waals surface area contributed by atoms with Crippen LogP contribution in [-0.2, 0) is 11.2 Å². The van der Waals surface area contributed by atoms with Crippen molar-refractivity contribution in [3.63, 3.8) is 0 Å². The van der Waals surface area contributed by atoms with Gasteiger partial charge in [-0.05, 0) is 44.6 Å². The van der Waals surface area contributed by atoms with E-state index in [-0.39, 0.29) is 0 Å². The molecular formula is C13H20N2O2S2. The van der Waals surface area contributed by atoms with Crippen molar-refractivity contribution in [1.82, 2.24) is 4.98 Å². The van der Waals surface area contributed by atoms with Crippen LogP contribution >= 0.6 is 23.1 Å². The number of rotatable bonds is 6. The molecule has 106 valence electrons. The van der Waals surface area contributed by atoms with Crippen LogP contribution in [-0.4, -0.2) is 34.1 Å². The van der Waals surface area contributed by atoms with E-state index in [2.05, 4.69) is 23.5 Å². The first-order valence-corrected chi connectivity index (χ1v) is 8.80. The number of hydrogen-bond donors (Lipinski definition) is 2. The second kappa shape index (κ2) is 6.61. The lowest BCUT2D eigenvalue weighted by atomic mass is 9.91. The first-order valence-electron chi connectivity index (χ1n) is 6.59. The molecular weight excluding hydrogens is 280 g/mol. The number of carbonyl (C=O) groups is 1. The van der Waals surface area contributed by atoms with E-state index in [4.69, 9.17) is 0 Å². The van der Waals surface area contributed by atoms with Crippen LogP contribution in [0.1, 0.15) is 42.7 Å². The summed E-state index contributed by atoms with van der Waals surface area (Å²) in [6, 6.07) is 0.378. The Balaban J connectivity index is 2.06. The Morgan fingerprint density at radius 1 is 1.68 bits per heavy atom. The number of fused-ring (bicyclic) bond motifs is 1. The minimum absolute atomic E-state index is 0.378. The molecule has 4 nitrogen and oxygen atoms in total. The van der Waals surface area contributed by atoms with E-state index < -0.39 is 11.9 Å². The highest BCUT2D eigenvalue weighted by atomic mass is 32.2. The predicted molar refractivity (Wildman–Crippen MR) is 81.5 cm³/mol. The van der Waals surface area contributed by atoms with Crippen LogP contribution in [0.2, 0.25) is 0 Å². The Labute approximate surface area is 122 Å². The first-order chi connectivity index (χ1) is 9.11. The highest BCUT2D eigenvalue weighted by Crippen LogP contribution is 2.37. The molecule has 6 heteroatoms. The fraction of sp³-hybridized carbons (Fsp3) is 0.692. The summed E-state index contributed by atoms with van der Waals surface area (Å²) in [6.45, 7) is 2.14. The van der Waals surface area contributed by atoms with Crippen LogP contribution in [0.25, 0.3) is 0 Å². The lowest BCUT2D eigenvalue weighted by Crippen LogP contribution is -2.18. The van der Waals surface area contributed by atoms with Crippen LogP contribution in [0.3, 0.4) is 0 Å². The lowest BCUT2D eigenvalue weighted by Gasteiger charge is -2.16. The zero-order chi connectivity index (χ0) is 13.8. The summed E-state index contributed by atoms with van der Waals surface area (Å²) in [6.07, 6.45) is 5.83. The Hall–Kier alpha value is -0.750. The Kier molecular flexibility index (Phi) is 5.10. The number of carboxylic acids is 1. The summed E-state index contributed by atoms with van der Waals surface area (Å²) in [5, 5.41) is 13.5. The van der Waals surface area contributed by atoms with Gasteiger partial charge < -0.3 is 10.4 Å². The molecule has 0 fully saturated rings. The number of nitrogens with zero attached hydrogens (tertiary/aromatic N) is 1. The normalized spacial score (nSPS) is 19.8. The number of thiazole rings is 1. The minimum atomic E-state index is -0.742. The maximum atomic E-state index is 11.2.